The average molecular weight is 211 g/mol. The van der Waals surface area contributed by atoms with Crippen LogP contribution in [0.25, 0.3) is 0 Å². The summed E-state index contributed by atoms with van der Waals surface area (Å²) in [6.07, 6.45) is 8.89. The van der Waals surface area contributed by atoms with Gasteiger partial charge in [-0.2, -0.15) is 0 Å². The van der Waals surface area contributed by atoms with Gasteiger partial charge in [-0.25, -0.2) is 4.79 Å². The fourth-order valence-corrected chi connectivity index (χ4v) is 3.23. The number of ether oxygens (including phenoxy) is 1. The van der Waals surface area contributed by atoms with E-state index in [0.717, 1.165) is 18.3 Å². The minimum atomic E-state index is -0.269. The number of hydrogen-bond acceptors (Lipinski definition) is 2. The van der Waals surface area contributed by atoms with Gasteiger partial charge >= 0.3 is 6.09 Å². The zero-order chi connectivity index (χ0) is 10.7. The van der Waals surface area contributed by atoms with Gasteiger partial charge in [-0.05, 0) is 31.1 Å². The predicted octanol–water partition coefficient (Wildman–Crippen LogP) is 2.70. The maximum atomic E-state index is 11.1. The van der Waals surface area contributed by atoms with Crippen molar-refractivity contribution in [2.75, 3.05) is 7.11 Å². The first-order chi connectivity index (χ1) is 7.29. The van der Waals surface area contributed by atoms with Crippen LogP contribution < -0.4 is 5.32 Å². The molecule has 2 aliphatic carbocycles. The van der Waals surface area contributed by atoms with Gasteiger partial charge in [0.2, 0.25) is 0 Å². The number of carbonyl (C=O) groups excluding carboxylic acids is 1. The van der Waals surface area contributed by atoms with E-state index in [1.165, 1.54) is 45.6 Å². The second kappa shape index (κ2) is 4.86. The van der Waals surface area contributed by atoms with Crippen molar-refractivity contribution in [3.63, 3.8) is 0 Å². The van der Waals surface area contributed by atoms with Crippen LogP contribution in [-0.2, 0) is 4.74 Å². The summed E-state index contributed by atoms with van der Waals surface area (Å²) in [7, 11) is 1.43. The van der Waals surface area contributed by atoms with Gasteiger partial charge in [0.15, 0.2) is 0 Å². The van der Waals surface area contributed by atoms with E-state index in [1.54, 1.807) is 0 Å². The van der Waals surface area contributed by atoms with Crippen molar-refractivity contribution in [3.05, 3.63) is 0 Å². The van der Waals surface area contributed by atoms with Crippen molar-refractivity contribution >= 4 is 6.09 Å². The topological polar surface area (TPSA) is 38.3 Å². The van der Waals surface area contributed by atoms with E-state index in [1.807, 2.05) is 0 Å². The first kappa shape index (κ1) is 10.8. The third-order valence-electron chi connectivity index (χ3n) is 4.05. The Balaban J connectivity index is 1.83. The highest BCUT2D eigenvalue weighted by Crippen LogP contribution is 2.40. The molecule has 0 saturated heterocycles. The molecule has 3 heteroatoms. The molecule has 0 heterocycles. The Bertz CT molecular complexity index is 230. The third-order valence-corrected chi connectivity index (χ3v) is 4.05. The summed E-state index contributed by atoms with van der Waals surface area (Å²) in [5.74, 6) is 1.80. The van der Waals surface area contributed by atoms with Crippen molar-refractivity contribution in [1.82, 2.24) is 5.32 Å². The molecule has 0 radical (unpaired) electrons. The first-order valence-electron chi connectivity index (χ1n) is 6.14. The van der Waals surface area contributed by atoms with Crippen molar-refractivity contribution < 1.29 is 9.53 Å². The predicted molar refractivity (Wildman–Crippen MR) is 58.6 cm³/mol. The van der Waals surface area contributed by atoms with Crippen LogP contribution in [0.15, 0.2) is 0 Å². The maximum absolute atomic E-state index is 11.1. The molecule has 0 aliphatic heterocycles. The molecule has 2 fully saturated rings. The number of rotatable bonds is 1. The lowest BCUT2D eigenvalue weighted by Crippen LogP contribution is -2.41. The highest BCUT2D eigenvalue weighted by molar-refractivity contribution is 5.67. The zero-order valence-electron chi connectivity index (χ0n) is 9.50. The smallest absolute Gasteiger partial charge is 0.407 e. The first-order valence-corrected chi connectivity index (χ1v) is 6.14. The van der Waals surface area contributed by atoms with E-state index >= 15 is 0 Å². The second-order valence-corrected chi connectivity index (χ2v) is 4.95. The van der Waals surface area contributed by atoms with Gasteiger partial charge in [0.05, 0.1) is 7.11 Å². The van der Waals surface area contributed by atoms with Crippen molar-refractivity contribution in [2.24, 2.45) is 11.8 Å². The van der Waals surface area contributed by atoms with Gasteiger partial charge in [-0.1, -0.05) is 25.7 Å². The van der Waals surface area contributed by atoms with Crippen LogP contribution in [0, 0.1) is 11.8 Å². The normalized spacial score (nSPS) is 35.4. The van der Waals surface area contributed by atoms with Crippen molar-refractivity contribution in [3.8, 4) is 0 Å². The van der Waals surface area contributed by atoms with Crippen LogP contribution in [0.3, 0.4) is 0 Å². The molecule has 3 unspecified atom stereocenters. The Hall–Kier alpha value is -0.730. The molecule has 2 saturated carbocycles. The molecule has 0 spiro atoms. The quantitative estimate of drug-likeness (QED) is 0.724. The molecule has 1 amide bonds. The lowest BCUT2D eigenvalue weighted by Gasteiger charge is -2.39. The van der Waals surface area contributed by atoms with E-state index in [9.17, 15) is 4.79 Å². The van der Waals surface area contributed by atoms with E-state index in [2.05, 4.69) is 10.1 Å². The Morgan fingerprint density at radius 3 is 2.60 bits per heavy atom. The molecule has 1 N–H and O–H groups in total. The van der Waals surface area contributed by atoms with Crippen molar-refractivity contribution in [2.45, 2.75) is 51.0 Å². The van der Waals surface area contributed by atoms with Crippen LogP contribution in [0.2, 0.25) is 0 Å². The van der Waals surface area contributed by atoms with Gasteiger partial charge in [-0.15, -0.1) is 0 Å². The van der Waals surface area contributed by atoms with Gasteiger partial charge < -0.3 is 10.1 Å². The lowest BCUT2D eigenvalue weighted by molar-refractivity contribution is 0.128. The number of carbonyl (C=O) groups is 1. The summed E-state index contributed by atoms with van der Waals surface area (Å²) in [5, 5.41) is 2.94. The molecule has 86 valence electrons. The Morgan fingerprint density at radius 2 is 1.87 bits per heavy atom. The minimum Gasteiger partial charge on any atom is -0.453 e. The monoisotopic (exact) mass is 211 g/mol. The highest BCUT2D eigenvalue weighted by Gasteiger charge is 2.32. The van der Waals surface area contributed by atoms with Gasteiger partial charge in [0, 0.05) is 6.04 Å². The fourth-order valence-electron chi connectivity index (χ4n) is 3.23. The Labute approximate surface area is 91.6 Å². The molecule has 2 aliphatic rings. The fraction of sp³-hybridized carbons (Fsp3) is 0.917. The lowest BCUT2D eigenvalue weighted by atomic mass is 9.69. The minimum absolute atomic E-state index is 0.269. The number of amides is 1. The molecule has 3 atom stereocenters. The Morgan fingerprint density at radius 1 is 1.13 bits per heavy atom. The van der Waals surface area contributed by atoms with Crippen LogP contribution in [0.4, 0.5) is 4.79 Å². The molecule has 0 aromatic carbocycles. The van der Waals surface area contributed by atoms with Crippen LogP contribution in [0.5, 0.6) is 0 Å². The molecule has 2 rings (SSSR count). The highest BCUT2D eigenvalue weighted by atomic mass is 16.5. The van der Waals surface area contributed by atoms with Gasteiger partial charge in [-0.3, -0.25) is 0 Å². The summed E-state index contributed by atoms with van der Waals surface area (Å²) in [6, 6.07) is 0.358. The summed E-state index contributed by atoms with van der Waals surface area (Å²) < 4.78 is 4.64. The number of hydrogen-bond donors (Lipinski definition) is 1. The summed E-state index contributed by atoms with van der Waals surface area (Å²) >= 11 is 0. The maximum Gasteiger partial charge on any atom is 0.407 e. The van der Waals surface area contributed by atoms with E-state index in [-0.39, 0.29) is 6.09 Å². The molecule has 0 aromatic rings. The molecular formula is C12H21NO2. The number of nitrogens with one attached hydrogen (secondary N) is 1. The number of fused-ring (bicyclic) bond motifs is 1. The van der Waals surface area contributed by atoms with E-state index < -0.39 is 0 Å². The van der Waals surface area contributed by atoms with Gasteiger partial charge in [0.1, 0.15) is 0 Å². The summed E-state index contributed by atoms with van der Waals surface area (Å²) in [4.78, 5) is 11.1. The third kappa shape index (κ3) is 2.64. The average Bonchev–Trinajstić information content (AvgIpc) is 2.29. The SMILES string of the molecule is COC(=O)NC1CCC2CCCCC2C1. The van der Waals surface area contributed by atoms with Crippen LogP contribution in [0.1, 0.15) is 44.9 Å². The Kier molecular flexibility index (Phi) is 3.49. The number of methoxy groups -OCH3 is 1. The molecule has 3 nitrogen and oxygen atoms in total. The van der Waals surface area contributed by atoms with E-state index in [0.29, 0.717) is 6.04 Å². The van der Waals surface area contributed by atoms with Crippen LogP contribution >= 0.6 is 0 Å². The van der Waals surface area contributed by atoms with Crippen LogP contribution in [-0.4, -0.2) is 19.2 Å². The largest absolute Gasteiger partial charge is 0.453 e. The molecule has 0 bridgehead atoms. The van der Waals surface area contributed by atoms with Crippen molar-refractivity contribution in [1.29, 1.82) is 0 Å². The molecule has 0 aromatic heterocycles. The van der Waals surface area contributed by atoms with Gasteiger partial charge in [0.25, 0.3) is 0 Å². The molecule has 15 heavy (non-hydrogen) atoms. The standard InChI is InChI=1S/C12H21NO2/c1-15-12(14)13-11-7-6-9-4-2-3-5-10(9)8-11/h9-11H,2-8H2,1H3,(H,13,14). The molecular weight excluding hydrogens is 190 g/mol. The van der Waals surface area contributed by atoms with E-state index in [4.69, 9.17) is 0 Å². The summed E-state index contributed by atoms with van der Waals surface area (Å²) in [6.45, 7) is 0. The number of alkyl carbamates (subject to hydrolysis) is 1. The second-order valence-electron chi connectivity index (χ2n) is 4.95. The summed E-state index contributed by atoms with van der Waals surface area (Å²) in [5.41, 5.74) is 0. The zero-order valence-corrected chi connectivity index (χ0v) is 9.50.